The molecule has 0 atom stereocenters. The van der Waals surface area contributed by atoms with Crippen molar-refractivity contribution in [3.63, 3.8) is 0 Å². The van der Waals surface area contributed by atoms with E-state index in [2.05, 4.69) is 11.1 Å². The minimum absolute atomic E-state index is 0.0914. The van der Waals surface area contributed by atoms with E-state index in [0.717, 1.165) is 23.4 Å². The van der Waals surface area contributed by atoms with E-state index in [4.69, 9.17) is 9.72 Å². The van der Waals surface area contributed by atoms with Crippen LogP contribution in [-0.4, -0.2) is 46.4 Å². The quantitative estimate of drug-likeness (QED) is 0.604. The van der Waals surface area contributed by atoms with Crippen molar-refractivity contribution in [2.75, 3.05) is 19.7 Å². The van der Waals surface area contributed by atoms with Gasteiger partial charge in [-0.05, 0) is 51.0 Å². The van der Waals surface area contributed by atoms with Gasteiger partial charge in [0.2, 0.25) is 0 Å². The molecule has 4 rings (SSSR count). The maximum Gasteiger partial charge on any atom is 0.339 e. The molecule has 1 aliphatic heterocycles. The third-order valence-electron chi connectivity index (χ3n) is 5.24. The van der Waals surface area contributed by atoms with Crippen molar-refractivity contribution >= 4 is 33.4 Å². The molecule has 0 radical (unpaired) electrons. The van der Waals surface area contributed by atoms with Crippen LogP contribution in [-0.2, 0) is 4.74 Å². The Bertz CT molecular complexity index is 1020. The molecule has 1 fully saturated rings. The molecule has 0 N–H and O–H groups in total. The molecule has 7 heteroatoms. The van der Waals surface area contributed by atoms with E-state index in [1.807, 2.05) is 23.1 Å². The van der Waals surface area contributed by atoms with Crippen molar-refractivity contribution in [3.05, 3.63) is 58.4 Å². The highest BCUT2D eigenvalue weighted by Gasteiger charge is 2.27. The number of ether oxygens (including phenoxy) is 1. The predicted octanol–water partition coefficient (Wildman–Crippen LogP) is 4.20. The van der Waals surface area contributed by atoms with Crippen LogP contribution in [0.4, 0.5) is 0 Å². The van der Waals surface area contributed by atoms with Crippen LogP contribution in [0.25, 0.3) is 10.2 Å². The molecule has 6 nitrogen and oxygen atoms in total. The fourth-order valence-corrected chi connectivity index (χ4v) is 4.80. The number of fused-ring (bicyclic) bond motifs is 1. The first kappa shape index (κ1) is 19.5. The molecule has 1 aliphatic rings. The minimum atomic E-state index is -0.409. The monoisotopic (exact) mass is 409 g/mol. The van der Waals surface area contributed by atoms with Crippen molar-refractivity contribution in [2.45, 2.75) is 32.6 Å². The number of hydrogen-bond donors (Lipinski definition) is 0. The van der Waals surface area contributed by atoms with Crippen LogP contribution in [0.3, 0.4) is 0 Å². The highest BCUT2D eigenvalue weighted by Crippen LogP contribution is 2.34. The van der Waals surface area contributed by atoms with E-state index in [1.54, 1.807) is 37.3 Å². The number of pyridine rings is 1. The van der Waals surface area contributed by atoms with Gasteiger partial charge in [0.05, 0.1) is 33.1 Å². The molecule has 0 aliphatic carbocycles. The summed E-state index contributed by atoms with van der Waals surface area (Å²) in [6, 6.07) is 11.4. The molecular weight excluding hydrogens is 386 g/mol. The molecule has 1 saturated heterocycles. The largest absolute Gasteiger partial charge is 0.462 e. The van der Waals surface area contributed by atoms with Gasteiger partial charge in [-0.1, -0.05) is 12.1 Å². The fourth-order valence-electron chi connectivity index (χ4n) is 3.66. The Balaban J connectivity index is 1.42. The first-order chi connectivity index (χ1) is 14.1. The van der Waals surface area contributed by atoms with E-state index in [1.165, 1.54) is 4.70 Å². The van der Waals surface area contributed by atoms with Crippen LogP contribution in [0, 0.1) is 6.92 Å². The standard InChI is InChI=1S/C22H23N3O3S/c1-3-28-22(27)16-8-9-18(23-14(16)2)21(26)25-12-10-15(11-13-25)20-24-17-6-4-5-7-19(17)29-20/h4-9,15H,3,10-13H2,1-2H3. The molecule has 0 spiro atoms. The second kappa shape index (κ2) is 8.29. The third kappa shape index (κ3) is 4.00. The van der Waals surface area contributed by atoms with Gasteiger partial charge >= 0.3 is 5.97 Å². The second-order valence-electron chi connectivity index (χ2n) is 7.14. The van der Waals surface area contributed by atoms with Gasteiger partial charge in [-0.15, -0.1) is 11.3 Å². The molecule has 0 bridgehead atoms. The molecule has 3 heterocycles. The predicted molar refractivity (Wildman–Crippen MR) is 112 cm³/mol. The van der Waals surface area contributed by atoms with Gasteiger partial charge in [0, 0.05) is 19.0 Å². The second-order valence-corrected chi connectivity index (χ2v) is 8.20. The van der Waals surface area contributed by atoms with Crippen LogP contribution < -0.4 is 0 Å². The number of aryl methyl sites for hydroxylation is 1. The summed E-state index contributed by atoms with van der Waals surface area (Å²) in [6.07, 6.45) is 1.79. The van der Waals surface area contributed by atoms with Crippen molar-refractivity contribution in [1.82, 2.24) is 14.9 Å². The number of rotatable bonds is 4. The summed E-state index contributed by atoms with van der Waals surface area (Å²) in [7, 11) is 0. The molecule has 3 aromatic rings. The summed E-state index contributed by atoms with van der Waals surface area (Å²) in [5.74, 6) is -0.114. The van der Waals surface area contributed by atoms with Crippen molar-refractivity contribution < 1.29 is 14.3 Å². The number of carbonyl (C=O) groups excluding carboxylic acids is 2. The van der Waals surface area contributed by atoms with Gasteiger partial charge in [0.25, 0.3) is 5.91 Å². The van der Waals surface area contributed by atoms with Gasteiger partial charge in [-0.3, -0.25) is 4.79 Å². The van der Waals surface area contributed by atoms with Crippen LogP contribution in [0.2, 0.25) is 0 Å². The average molecular weight is 410 g/mol. The molecule has 2 aromatic heterocycles. The Morgan fingerprint density at radius 3 is 2.59 bits per heavy atom. The molecular formula is C22H23N3O3S. The number of hydrogen-bond acceptors (Lipinski definition) is 6. The zero-order valence-corrected chi connectivity index (χ0v) is 17.4. The fraction of sp³-hybridized carbons (Fsp3) is 0.364. The van der Waals surface area contributed by atoms with Gasteiger partial charge < -0.3 is 9.64 Å². The van der Waals surface area contributed by atoms with Gasteiger partial charge in [-0.2, -0.15) is 0 Å². The first-order valence-electron chi connectivity index (χ1n) is 9.86. The van der Waals surface area contributed by atoms with Crippen molar-refractivity contribution in [3.8, 4) is 0 Å². The lowest BCUT2D eigenvalue weighted by Gasteiger charge is -2.31. The van der Waals surface area contributed by atoms with Crippen molar-refractivity contribution in [1.29, 1.82) is 0 Å². The smallest absolute Gasteiger partial charge is 0.339 e. The summed E-state index contributed by atoms with van der Waals surface area (Å²) in [5.41, 5.74) is 2.33. The van der Waals surface area contributed by atoms with E-state index < -0.39 is 5.97 Å². The van der Waals surface area contributed by atoms with Crippen molar-refractivity contribution in [2.24, 2.45) is 0 Å². The maximum atomic E-state index is 12.9. The van der Waals surface area contributed by atoms with Crippen LogP contribution >= 0.6 is 11.3 Å². The van der Waals surface area contributed by atoms with E-state index >= 15 is 0 Å². The van der Waals surface area contributed by atoms with Crippen LogP contribution in [0.5, 0.6) is 0 Å². The Kier molecular flexibility index (Phi) is 5.58. The summed E-state index contributed by atoms with van der Waals surface area (Å²) in [4.78, 5) is 35.8. The van der Waals surface area contributed by atoms with Crippen LogP contribution in [0.15, 0.2) is 36.4 Å². The van der Waals surface area contributed by atoms with E-state index in [9.17, 15) is 9.59 Å². The number of amides is 1. The van der Waals surface area contributed by atoms with Gasteiger partial charge in [0.15, 0.2) is 0 Å². The molecule has 150 valence electrons. The Morgan fingerprint density at radius 1 is 1.14 bits per heavy atom. The molecule has 0 unspecified atom stereocenters. The van der Waals surface area contributed by atoms with Crippen LogP contribution in [0.1, 0.15) is 57.2 Å². The topological polar surface area (TPSA) is 72.4 Å². The number of thiazole rings is 1. The lowest BCUT2D eigenvalue weighted by atomic mass is 9.97. The maximum absolute atomic E-state index is 12.9. The minimum Gasteiger partial charge on any atom is -0.462 e. The summed E-state index contributed by atoms with van der Waals surface area (Å²) in [5, 5.41) is 1.16. The average Bonchev–Trinajstić information content (AvgIpc) is 3.17. The summed E-state index contributed by atoms with van der Waals surface area (Å²) < 4.78 is 6.23. The molecule has 1 aromatic carbocycles. The Morgan fingerprint density at radius 2 is 1.90 bits per heavy atom. The highest BCUT2D eigenvalue weighted by atomic mass is 32.1. The summed E-state index contributed by atoms with van der Waals surface area (Å²) in [6.45, 7) is 5.15. The Labute approximate surface area is 173 Å². The zero-order valence-electron chi connectivity index (χ0n) is 16.6. The van der Waals surface area contributed by atoms with Gasteiger partial charge in [-0.25, -0.2) is 14.8 Å². The highest BCUT2D eigenvalue weighted by molar-refractivity contribution is 7.18. The zero-order chi connectivity index (χ0) is 20.4. The number of para-hydroxylation sites is 1. The normalized spacial score (nSPS) is 14.9. The lowest BCUT2D eigenvalue weighted by molar-refractivity contribution is 0.0523. The number of esters is 1. The number of piperidine rings is 1. The number of carbonyl (C=O) groups is 2. The number of nitrogens with zero attached hydrogens (tertiary/aromatic N) is 3. The summed E-state index contributed by atoms with van der Waals surface area (Å²) >= 11 is 1.75. The molecule has 0 saturated carbocycles. The molecule has 1 amide bonds. The van der Waals surface area contributed by atoms with Gasteiger partial charge in [0.1, 0.15) is 5.69 Å². The van der Waals surface area contributed by atoms with E-state index in [0.29, 0.717) is 42.6 Å². The molecule has 29 heavy (non-hydrogen) atoms. The number of likely N-dealkylation sites (tertiary alicyclic amines) is 1. The number of benzene rings is 1. The SMILES string of the molecule is CCOC(=O)c1ccc(C(=O)N2CCC(c3nc4ccccc4s3)CC2)nc1C. The lowest BCUT2D eigenvalue weighted by Crippen LogP contribution is -2.38. The third-order valence-corrected chi connectivity index (χ3v) is 6.44. The first-order valence-corrected chi connectivity index (χ1v) is 10.7. The Hall–Kier alpha value is -2.80. The van der Waals surface area contributed by atoms with E-state index in [-0.39, 0.29) is 5.91 Å². The number of aromatic nitrogens is 2.